The van der Waals surface area contributed by atoms with Gasteiger partial charge in [-0.25, -0.2) is 8.42 Å². The molecule has 1 saturated heterocycles. The zero-order valence-electron chi connectivity index (χ0n) is 14.5. The van der Waals surface area contributed by atoms with E-state index in [2.05, 4.69) is 18.7 Å². The first-order chi connectivity index (χ1) is 11.7. The third-order valence-corrected chi connectivity index (χ3v) is 6.14. The van der Waals surface area contributed by atoms with Crippen LogP contribution < -0.4 is 0 Å². The maximum absolute atomic E-state index is 12.8. The van der Waals surface area contributed by atoms with E-state index in [0.29, 0.717) is 19.0 Å². The van der Waals surface area contributed by atoms with Crippen LogP contribution in [0.1, 0.15) is 20.3 Å². The summed E-state index contributed by atoms with van der Waals surface area (Å²) in [5, 5.41) is 20.9. The Morgan fingerprint density at radius 2 is 1.88 bits per heavy atom. The Bertz CT molecular complexity index is 690. The van der Waals surface area contributed by atoms with Crippen molar-refractivity contribution in [1.29, 1.82) is 0 Å². The number of sulfonamides is 1. The SMILES string of the molecule is CC(C)CCN1CCN(S(=O)(=O)c2ccc([N+](=O)[O-])cc2)CC(O)C1. The van der Waals surface area contributed by atoms with E-state index < -0.39 is 21.1 Å². The molecular formula is C16H25N3O5S. The molecule has 0 radical (unpaired) electrons. The number of nitro groups is 1. The number of rotatable bonds is 6. The van der Waals surface area contributed by atoms with Crippen molar-refractivity contribution in [2.24, 2.45) is 5.92 Å². The van der Waals surface area contributed by atoms with E-state index in [1.54, 1.807) is 0 Å². The molecule has 0 aliphatic carbocycles. The van der Waals surface area contributed by atoms with E-state index in [0.717, 1.165) is 13.0 Å². The van der Waals surface area contributed by atoms with Crippen LogP contribution in [0.3, 0.4) is 0 Å². The lowest BCUT2D eigenvalue weighted by molar-refractivity contribution is -0.384. The fourth-order valence-electron chi connectivity index (χ4n) is 2.78. The first-order valence-electron chi connectivity index (χ1n) is 8.35. The summed E-state index contributed by atoms with van der Waals surface area (Å²) >= 11 is 0. The molecule has 1 N–H and O–H groups in total. The molecule has 8 nitrogen and oxygen atoms in total. The van der Waals surface area contributed by atoms with Crippen LogP contribution in [0.2, 0.25) is 0 Å². The van der Waals surface area contributed by atoms with Crippen LogP contribution >= 0.6 is 0 Å². The second-order valence-corrected chi connectivity index (χ2v) is 8.69. The van der Waals surface area contributed by atoms with Gasteiger partial charge in [0, 0.05) is 38.3 Å². The van der Waals surface area contributed by atoms with Gasteiger partial charge in [-0.2, -0.15) is 4.31 Å². The highest BCUT2D eigenvalue weighted by Gasteiger charge is 2.30. The van der Waals surface area contributed by atoms with Crippen molar-refractivity contribution in [3.8, 4) is 0 Å². The highest BCUT2D eigenvalue weighted by molar-refractivity contribution is 7.89. The number of benzene rings is 1. The van der Waals surface area contributed by atoms with Crippen LogP contribution in [0.25, 0.3) is 0 Å². The van der Waals surface area contributed by atoms with Crippen LogP contribution in [0, 0.1) is 16.0 Å². The van der Waals surface area contributed by atoms with Crippen LogP contribution in [-0.4, -0.2) is 66.5 Å². The molecule has 0 aromatic heterocycles. The van der Waals surface area contributed by atoms with Gasteiger partial charge in [-0.1, -0.05) is 13.8 Å². The summed E-state index contributed by atoms with van der Waals surface area (Å²) in [6.45, 7) is 6.38. The Morgan fingerprint density at radius 3 is 2.44 bits per heavy atom. The molecule has 2 rings (SSSR count). The molecule has 25 heavy (non-hydrogen) atoms. The molecule has 0 spiro atoms. The molecule has 1 fully saturated rings. The Labute approximate surface area is 148 Å². The third kappa shape index (κ3) is 5.21. The fraction of sp³-hybridized carbons (Fsp3) is 0.625. The van der Waals surface area contributed by atoms with Gasteiger partial charge in [-0.15, -0.1) is 0 Å². The molecule has 9 heteroatoms. The lowest BCUT2D eigenvalue weighted by Gasteiger charge is -2.22. The van der Waals surface area contributed by atoms with Gasteiger partial charge in [0.25, 0.3) is 5.69 Å². The highest BCUT2D eigenvalue weighted by Crippen LogP contribution is 2.21. The summed E-state index contributed by atoms with van der Waals surface area (Å²) in [5.41, 5.74) is -0.158. The van der Waals surface area contributed by atoms with Crippen molar-refractivity contribution < 1.29 is 18.4 Å². The molecule has 1 aromatic rings. The third-order valence-electron chi connectivity index (χ3n) is 4.26. The van der Waals surface area contributed by atoms with Gasteiger partial charge in [-0.05, 0) is 31.0 Å². The normalized spacial score (nSPS) is 20.6. The van der Waals surface area contributed by atoms with Gasteiger partial charge in [-0.3, -0.25) is 15.0 Å². The first kappa shape index (κ1) is 19.8. The molecule has 1 aliphatic rings. The molecule has 0 saturated carbocycles. The zero-order valence-corrected chi connectivity index (χ0v) is 15.4. The van der Waals surface area contributed by atoms with Crippen LogP contribution in [0.15, 0.2) is 29.2 Å². The number of hydrogen-bond acceptors (Lipinski definition) is 6. The maximum Gasteiger partial charge on any atom is 0.269 e. The number of β-amino-alcohol motifs (C(OH)–C–C–N with tert-alkyl or cyclic N) is 1. The number of aliphatic hydroxyl groups excluding tert-OH is 1. The number of hydrogen-bond donors (Lipinski definition) is 1. The number of nitrogens with zero attached hydrogens (tertiary/aromatic N) is 3. The van der Waals surface area contributed by atoms with Crippen LogP contribution in [0.5, 0.6) is 0 Å². The minimum Gasteiger partial charge on any atom is -0.390 e. The topological polar surface area (TPSA) is 104 Å². The summed E-state index contributed by atoms with van der Waals surface area (Å²) in [6, 6.07) is 4.83. The maximum atomic E-state index is 12.8. The van der Waals surface area contributed by atoms with E-state index in [1.807, 2.05) is 0 Å². The van der Waals surface area contributed by atoms with Crippen LogP contribution in [-0.2, 0) is 10.0 Å². The molecule has 1 unspecified atom stereocenters. The Balaban J connectivity index is 2.12. The van der Waals surface area contributed by atoms with E-state index in [4.69, 9.17) is 0 Å². The quantitative estimate of drug-likeness (QED) is 0.597. The minimum absolute atomic E-state index is 0.000861. The second-order valence-electron chi connectivity index (χ2n) is 6.75. The average molecular weight is 371 g/mol. The summed E-state index contributed by atoms with van der Waals surface area (Å²) in [4.78, 5) is 12.2. The van der Waals surface area contributed by atoms with Gasteiger partial charge in [0.1, 0.15) is 0 Å². The van der Waals surface area contributed by atoms with E-state index in [-0.39, 0.29) is 23.7 Å². The van der Waals surface area contributed by atoms with Gasteiger partial charge in [0.05, 0.1) is 15.9 Å². The van der Waals surface area contributed by atoms with Gasteiger partial charge in [0.15, 0.2) is 0 Å². The van der Waals surface area contributed by atoms with Crippen molar-refractivity contribution in [2.75, 3.05) is 32.7 Å². The molecule has 0 bridgehead atoms. The molecule has 140 valence electrons. The van der Waals surface area contributed by atoms with Crippen molar-refractivity contribution >= 4 is 15.7 Å². The zero-order chi connectivity index (χ0) is 18.6. The van der Waals surface area contributed by atoms with Crippen molar-refractivity contribution in [1.82, 2.24) is 9.21 Å². The van der Waals surface area contributed by atoms with Crippen LogP contribution in [0.4, 0.5) is 5.69 Å². The standard InChI is InChI=1S/C16H25N3O5S/c1-13(2)7-8-17-9-10-18(12-15(20)11-17)25(23,24)16-5-3-14(4-6-16)19(21)22/h3-6,13,15,20H,7-12H2,1-2H3. The highest BCUT2D eigenvalue weighted by atomic mass is 32.2. The van der Waals surface area contributed by atoms with Crippen molar-refractivity contribution in [3.63, 3.8) is 0 Å². The van der Waals surface area contributed by atoms with E-state index in [1.165, 1.54) is 28.6 Å². The molecule has 1 aromatic carbocycles. The van der Waals surface area contributed by atoms with Gasteiger partial charge < -0.3 is 5.11 Å². The predicted octanol–water partition coefficient (Wildman–Crippen LogP) is 1.31. The number of aliphatic hydroxyl groups is 1. The fourth-order valence-corrected chi connectivity index (χ4v) is 4.25. The van der Waals surface area contributed by atoms with Gasteiger partial charge >= 0.3 is 0 Å². The minimum atomic E-state index is -3.79. The lowest BCUT2D eigenvalue weighted by atomic mass is 10.1. The second kappa shape index (κ2) is 8.22. The van der Waals surface area contributed by atoms with Crippen molar-refractivity contribution in [2.45, 2.75) is 31.3 Å². The molecule has 0 amide bonds. The van der Waals surface area contributed by atoms with E-state index in [9.17, 15) is 23.6 Å². The Morgan fingerprint density at radius 1 is 1.24 bits per heavy atom. The average Bonchev–Trinajstić information content (AvgIpc) is 2.74. The van der Waals surface area contributed by atoms with E-state index >= 15 is 0 Å². The monoisotopic (exact) mass is 371 g/mol. The molecule has 1 aliphatic heterocycles. The summed E-state index contributed by atoms with van der Waals surface area (Å²) in [6.07, 6.45) is 0.226. The Hall–Kier alpha value is -1.55. The summed E-state index contributed by atoms with van der Waals surface area (Å²) < 4.78 is 26.8. The molecule has 1 heterocycles. The summed E-state index contributed by atoms with van der Waals surface area (Å²) in [7, 11) is -3.79. The largest absolute Gasteiger partial charge is 0.390 e. The van der Waals surface area contributed by atoms with Gasteiger partial charge in [0.2, 0.25) is 10.0 Å². The Kier molecular flexibility index (Phi) is 6.50. The molecule has 1 atom stereocenters. The first-order valence-corrected chi connectivity index (χ1v) is 9.79. The summed E-state index contributed by atoms with van der Waals surface area (Å²) in [5.74, 6) is 0.542. The number of nitro benzene ring substituents is 1. The van der Waals surface area contributed by atoms with Crippen molar-refractivity contribution in [3.05, 3.63) is 34.4 Å². The smallest absolute Gasteiger partial charge is 0.269 e. The predicted molar refractivity (Wildman–Crippen MR) is 93.8 cm³/mol. The molecular weight excluding hydrogens is 346 g/mol. The number of non-ortho nitro benzene ring substituents is 1. The lowest BCUT2D eigenvalue weighted by Crippen LogP contribution is -2.37.